The van der Waals surface area contributed by atoms with Gasteiger partial charge in [0, 0.05) is 6.20 Å². The zero-order valence-corrected chi connectivity index (χ0v) is 9.10. The summed E-state index contributed by atoms with van der Waals surface area (Å²) >= 11 is 0. The third-order valence-corrected chi connectivity index (χ3v) is 2.72. The molecule has 1 aliphatic heterocycles. The van der Waals surface area contributed by atoms with E-state index in [0.29, 0.717) is 0 Å². The highest BCUT2D eigenvalue weighted by atomic mass is 19.2. The quantitative estimate of drug-likeness (QED) is 0.472. The number of hydrogen-bond acceptors (Lipinski definition) is 7. The molecule has 5 N–H and O–H groups in total. The van der Waals surface area contributed by atoms with Gasteiger partial charge in [-0.25, -0.2) is 9.18 Å². The van der Waals surface area contributed by atoms with E-state index < -0.39 is 36.6 Å². The van der Waals surface area contributed by atoms with Gasteiger partial charge >= 0.3 is 5.69 Å². The van der Waals surface area contributed by atoms with Crippen LogP contribution in [0, 0.1) is 0 Å². The lowest BCUT2D eigenvalue weighted by molar-refractivity contribution is -0.207. The maximum Gasteiger partial charge on any atom is 0.351 e. The molecule has 1 aromatic rings. The second kappa shape index (κ2) is 4.28. The van der Waals surface area contributed by atoms with Gasteiger partial charge in [-0.3, -0.25) is 4.57 Å². The smallest absolute Gasteiger partial charge is 0.351 e. The topological polar surface area (TPSA) is 131 Å². The third kappa shape index (κ3) is 1.86. The second-order valence-electron chi connectivity index (χ2n) is 3.93. The number of nitrogen functional groups attached to an aromatic ring is 1. The Morgan fingerprint density at radius 1 is 1.61 bits per heavy atom. The summed E-state index contributed by atoms with van der Waals surface area (Å²) in [7, 11) is 0. The first-order valence-corrected chi connectivity index (χ1v) is 5.07. The fourth-order valence-electron chi connectivity index (χ4n) is 1.72. The molecule has 2 rings (SSSR count). The Morgan fingerprint density at radius 3 is 2.78 bits per heavy atom. The van der Waals surface area contributed by atoms with E-state index in [9.17, 15) is 19.4 Å². The predicted molar refractivity (Wildman–Crippen MR) is 56.0 cm³/mol. The maximum atomic E-state index is 13.8. The highest BCUT2D eigenvalue weighted by molar-refractivity contribution is 5.23. The second-order valence-corrected chi connectivity index (χ2v) is 3.93. The molecular weight excluding hydrogens is 249 g/mol. The summed E-state index contributed by atoms with van der Waals surface area (Å²) in [4.78, 5) is 14.9. The number of rotatable bonds is 2. The van der Waals surface area contributed by atoms with E-state index in [4.69, 9.17) is 15.6 Å². The van der Waals surface area contributed by atoms with Crippen molar-refractivity contribution in [2.75, 3.05) is 12.3 Å². The van der Waals surface area contributed by atoms with E-state index in [-0.39, 0.29) is 5.82 Å². The van der Waals surface area contributed by atoms with Crippen LogP contribution < -0.4 is 11.4 Å². The van der Waals surface area contributed by atoms with Crippen LogP contribution >= 0.6 is 0 Å². The van der Waals surface area contributed by atoms with E-state index in [1.165, 1.54) is 6.07 Å². The van der Waals surface area contributed by atoms with E-state index in [1.54, 1.807) is 0 Å². The minimum atomic E-state index is -2.83. The molecule has 4 atom stereocenters. The molecule has 18 heavy (non-hydrogen) atoms. The Balaban J connectivity index is 2.38. The fourth-order valence-corrected chi connectivity index (χ4v) is 1.72. The van der Waals surface area contributed by atoms with Crippen LogP contribution in [0.2, 0.25) is 0 Å². The third-order valence-electron chi connectivity index (χ3n) is 2.72. The fraction of sp³-hybridized carbons (Fsp3) is 0.556. The molecule has 100 valence electrons. The Bertz CT molecular complexity index is 509. The predicted octanol–water partition coefficient (Wildman–Crippen LogP) is -2.27. The van der Waals surface area contributed by atoms with Gasteiger partial charge in [-0.1, -0.05) is 0 Å². The first-order chi connectivity index (χ1) is 8.39. The number of aromatic nitrogens is 2. The molecule has 0 radical (unpaired) electrons. The number of nitrogens with zero attached hydrogens (tertiary/aromatic N) is 2. The van der Waals surface area contributed by atoms with Crippen LogP contribution in [-0.4, -0.2) is 49.5 Å². The van der Waals surface area contributed by atoms with Gasteiger partial charge in [0.15, 0.2) is 6.23 Å². The lowest BCUT2D eigenvalue weighted by atomic mass is 10.1. The van der Waals surface area contributed by atoms with E-state index in [1.807, 2.05) is 0 Å². The Labute approximate surface area is 100 Å². The highest BCUT2D eigenvalue weighted by Gasteiger charge is 2.55. The van der Waals surface area contributed by atoms with Crippen molar-refractivity contribution in [2.24, 2.45) is 0 Å². The summed E-state index contributed by atoms with van der Waals surface area (Å²) in [6.07, 6.45) is -4.03. The lowest BCUT2D eigenvalue weighted by Crippen LogP contribution is -2.42. The molecule has 0 spiro atoms. The monoisotopic (exact) mass is 261 g/mol. The number of alkyl halides is 1. The zero-order chi connectivity index (χ0) is 13.5. The molecule has 8 nitrogen and oxygen atoms in total. The molecule has 9 heteroatoms. The van der Waals surface area contributed by atoms with Crippen LogP contribution in [0.4, 0.5) is 10.2 Å². The summed E-state index contributed by atoms with van der Waals surface area (Å²) < 4.78 is 19.3. The van der Waals surface area contributed by atoms with Gasteiger partial charge in [-0.05, 0) is 6.07 Å². The molecule has 0 aromatic carbocycles. The summed E-state index contributed by atoms with van der Waals surface area (Å²) in [6, 6.07) is 1.25. The van der Waals surface area contributed by atoms with E-state index >= 15 is 0 Å². The molecule has 0 saturated carbocycles. The molecule has 2 unspecified atom stereocenters. The van der Waals surface area contributed by atoms with Crippen molar-refractivity contribution in [3.63, 3.8) is 0 Å². The van der Waals surface area contributed by atoms with Crippen LogP contribution in [0.1, 0.15) is 6.23 Å². The van der Waals surface area contributed by atoms with Crippen molar-refractivity contribution in [1.29, 1.82) is 0 Å². The minimum Gasteiger partial charge on any atom is -0.390 e. The number of halogens is 1. The molecule has 0 bridgehead atoms. The Morgan fingerprint density at radius 2 is 2.28 bits per heavy atom. The van der Waals surface area contributed by atoms with Crippen molar-refractivity contribution >= 4 is 5.82 Å². The number of ether oxygens (including phenoxy) is 1. The van der Waals surface area contributed by atoms with Gasteiger partial charge in [0.25, 0.3) is 5.85 Å². The van der Waals surface area contributed by atoms with Crippen LogP contribution in [0.3, 0.4) is 0 Å². The van der Waals surface area contributed by atoms with Crippen LogP contribution in [-0.2, 0) is 4.74 Å². The SMILES string of the molecule is Nc1ccn([C@@H]2O[C@](F)(CO)C(O)C2O)c(=O)n1. The van der Waals surface area contributed by atoms with Crippen molar-refractivity contribution in [2.45, 2.75) is 24.3 Å². The van der Waals surface area contributed by atoms with Gasteiger partial charge in [0.05, 0.1) is 0 Å². The standard InChI is InChI=1S/C9H12FN3O5/c10-9(3-14)6(16)5(15)7(18-9)13-2-1-4(11)12-8(13)17/h1-2,5-7,14-16H,3H2,(H2,11,12,17)/t5?,6?,7-,9-/m1/s1. The lowest BCUT2D eigenvalue weighted by Gasteiger charge is -2.19. The van der Waals surface area contributed by atoms with Crippen LogP contribution in [0.5, 0.6) is 0 Å². The highest BCUT2D eigenvalue weighted by Crippen LogP contribution is 2.37. The number of anilines is 1. The zero-order valence-electron chi connectivity index (χ0n) is 9.10. The van der Waals surface area contributed by atoms with Crippen molar-refractivity contribution in [3.05, 3.63) is 22.7 Å². The molecule has 0 aliphatic carbocycles. The first kappa shape index (κ1) is 12.9. The maximum absolute atomic E-state index is 13.8. The Kier molecular flexibility index (Phi) is 3.07. The summed E-state index contributed by atoms with van der Waals surface area (Å²) in [5.41, 5.74) is 4.41. The molecule has 1 fully saturated rings. The number of aliphatic hydroxyl groups is 3. The average molecular weight is 261 g/mol. The van der Waals surface area contributed by atoms with E-state index in [0.717, 1.165) is 10.8 Å². The molecule has 1 saturated heterocycles. The molecule has 1 aliphatic rings. The van der Waals surface area contributed by atoms with Crippen molar-refractivity contribution < 1.29 is 24.4 Å². The van der Waals surface area contributed by atoms with Crippen LogP contribution in [0.15, 0.2) is 17.1 Å². The van der Waals surface area contributed by atoms with Gasteiger partial charge in [-0.2, -0.15) is 4.98 Å². The number of nitrogens with two attached hydrogens (primary N) is 1. The van der Waals surface area contributed by atoms with Crippen molar-refractivity contribution in [3.8, 4) is 0 Å². The van der Waals surface area contributed by atoms with E-state index in [2.05, 4.69) is 4.98 Å². The summed E-state index contributed by atoms with van der Waals surface area (Å²) in [5.74, 6) is -2.87. The number of hydrogen-bond donors (Lipinski definition) is 4. The minimum absolute atomic E-state index is 0.0436. The normalized spacial score (nSPS) is 35.9. The van der Waals surface area contributed by atoms with Gasteiger partial charge < -0.3 is 25.8 Å². The van der Waals surface area contributed by atoms with Crippen molar-refractivity contribution in [1.82, 2.24) is 9.55 Å². The first-order valence-electron chi connectivity index (χ1n) is 5.07. The summed E-state index contributed by atoms with van der Waals surface area (Å²) in [6.45, 7) is -1.15. The van der Waals surface area contributed by atoms with Gasteiger partial charge in [0.1, 0.15) is 24.6 Å². The Hall–Kier alpha value is -1.55. The van der Waals surface area contributed by atoms with Gasteiger partial charge in [0.2, 0.25) is 0 Å². The number of aliphatic hydroxyl groups excluding tert-OH is 3. The molecule has 0 amide bonds. The van der Waals surface area contributed by atoms with Gasteiger partial charge in [-0.15, -0.1) is 0 Å². The molecule has 1 aromatic heterocycles. The van der Waals surface area contributed by atoms with Crippen LogP contribution in [0.25, 0.3) is 0 Å². The largest absolute Gasteiger partial charge is 0.390 e. The average Bonchev–Trinajstić information content (AvgIpc) is 2.55. The summed E-state index contributed by atoms with van der Waals surface area (Å²) in [5, 5.41) is 27.8. The molecular formula is C9H12FN3O5. The molecule has 2 heterocycles.